The molecule has 7 aromatic rings. The Balaban J connectivity index is 1.47. The molecule has 0 aliphatic carbocycles. The van der Waals surface area contributed by atoms with Gasteiger partial charge in [0.25, 0.3) is 0 Å². The third-order valence-electron chi connectivity index (χ3n) is 10.2. The summed E-state index contributed by atoms with van der Waals surface area (Å²) in [6, 6.07) is 31.1. The van der Waals surface area contributed by atoms with Crippen LogP contribution in [0.25, 0.3) is 90.9 Å². The Bertz CT molecular complexity index is 2830. The average molecular weight is 733 g/mol. The van der Waals surface area contributed by atoms with Crippen molar-refractivity contribution >= 4 is 58.2 Å². The lowest BCUT2D eigenvalue weighted by Crippen LogP contribution is -2.25. The van der Waals surface area contributed by atoms with E-state index in [0.717, 1.165) is 78.0 Å². The summed E-state index contributed by atoms with van der Waals surface area (Å²) in [5.74, 6) is -1.02. The number of pyridine rings is 2. The predicted molar refractivity (Wildman–Crippen MR) is 220 cm³/mol. The van der Waals surface area contributed by atoms with Crippen molar-refractivity contribution in [3.05, 3.63) is 156 Å². The lowest BCUT2D eigenvalue weighted by molar-refractivity contribution is -0.671. The molecular formula is C46H36N8O2+2. The molecule has 2 aliphatic rings. The van der Waals surface area contributed by atoms with Gasteiger partial charge in [-0.3, -0.25) is 9.59 Å². The summed E-state index contributed by atoms with van der Waals surface area (Å²) in [4.78, 5) is 42.8. The second-order valence-corrected chi connectivity index (χ2v) is 13.9. The maximum atomic E-state index is 12.4. The van der Waals surface area contributed by atoms with Crippen molar-refractivity contribution in [2.45, 2.75) is 0 Å². The summed E-state index contributed by atoms with van der Waals surface area (Å²) in [5.41, 5.74) is 25.4. The number of rotatable bonds is 6. The fourth-order valence-electron chi connectivity index (χ4n) is 7.41. The Labute approximate surface area is 321 Å². The van der Waals surface area contributed by atoms with Gasteiger partial charge in [0.1, 0.15) is 14.1 Å². The molecule has 0 radical (unpaired) electrons. The standard InChI is InChI=1S/C46H34N8O2/c1-53-21-17-27(18-22-53)41-33-9-13-37(49-33)43(29-5-3-7-31(25-29)45(47)55)39-15-11-35(51-39)42(28-19-23-54(2)24-20-28)36-12-16-40(52-36)44(38-14-10-34(41)50-38)30-6-4-8-32(26-30)46(48)56/h3-26H,1-2H3,(H4-,47,48,49,50,51,52,55,56)/p+2. The second kappa shape index (κ2) is 13.6. The van der Waals surface area contributed by atoms with Gasteiger partial charge < -0.3 is 21.4 Å². The lowest BCUT2D eigenvalue weighted by atomic mass is 10.0. The number of primary amides is 2. The van der Waals surface area contributed by atoms with E-state index in [4.69, 9.17) is 21.4 Å². The smallest absolute Gasteiger partial charge is 0.248 e. The van der Waals surface area contributed by atoms with Gasteiger partial charge >= 0.3 is 0 Å². The van der Waals surface area contributed by atoms with Crippen LogP contribution in [0.5, 0.6) is 0 Å². The first-order chi connectivity index (χ1) is 27.2. The molecule has 9 rings (SSSR count). The number of nitrogens with one attached hydrogen (secondary N) is 2. The fraction of sp³-hybridized carbons (Fsp3) is 0.0435. The number of nitrogens with two attached hydrogens (primary N) is 2. The van der Waals surface area contributed by atoms with Crippen LogP contribution in [0.4, 0.5) is 0 Å². The molecule has 0 saturated heterocycles. The van der Waals surface area contributed by atoms with Gasteiger partial charge in [0.2, 0.25) is 11.8 Å². The molecule has 6 N–H and O–H groups in total. The number of amides is 2. The van der Waals surface area contributed by atoms with Crippen LogP contribution in [0.1, 0.15) is 43.5 Å². The monoisotopic (exact) mass is 732 g/mol. The minimum absolute atomic E-state index is 0.398. The van der Waals surface area contributed by atoms with E-state index >= 15 is 0 Å². The molecule has 270 valence electrons. The number of carbonyl (C=O) groups is 2. The van der Waals surface area contributed by atoms with E-state index in [1.54, 1.807) is 24.3 Å². The first-order valence-electron chi connectivity index (χ1n) is 18.1. The van der Waals surface area contributed by atoms with Crippen molar-refractivity contribution in [1.29, 1.82) is 0 Å². The average Bonchev–Trinajstić information content (AvgIpc) is 4.04. The molecule has 0 unspecified atom stereocenters. The Hall–Kier alpha value is -7.72. The summed E-state index contributed by atoms with van der Waals surface area (Å²) < 4.78 is 3.97. The molecule has 5 aromatic heterocycles. The van der Waals surface area contributed by atoms with Gasteiger partial charge in [-0.15, -0.1) is 0 Å². The maximum absolute atomic E-state index is 12.4. The molecule has 56 heavy (non-hydrogen) atoms. The van der Waals surface area contributed by atoms with E-state index in [0.29, 0.717) is 22.5 Å². The van der Waals surface area contributed by atoms with Crippen LogP contribution < -0.4 is 20.6 Å². The number of benzene rings is 2. The summed E-state index contributed by atoms with van der Waals surface area (Å²) in [6.45, 7) is 0. The summed E-state index contributed by atoms with van der Waals surface area (Å²) in [5, 5.41) is 0. The summed E-state index contributed by atoms with van der Waals surface area (Å²) in [7, 11) is 3.96. The highest BCUT2D eigenvalue weighted by molar-refractivity contribution is 6.02. The van der Waals surface area contributed by atoms with E-state index < -0.39 is 11.8 Å². The molecule has 7 heterocycles. The molecule has 0 atom stereocenters. The number of nitrogens with zero attached hydrogens (tertiary/aromatic N) is 4. The van der Waals surface area contributed by atoms with Gasteiger partial charge in [-0.05, 0) is 95.1 Å². The van der Waals surface area contributed by atoms with Crippen LogP contribution in [-0.2, 0) is 14.1 Å². The van der Waals surface area contributed by atoms with E-state index in [1.807, 2.05) is 121 Å². The van der Waals surface area contributed by atoms with Gasteiger partial charge in [-0.2, -0.15) is 0 Å². The molecule has 10 heteroatoms. The minimum atomic E-state index is -0.511. The third-order valence-corrected chi connectivity index (χ3v) is 10.2. The number of hydrogen-bond donors (Lipinski definition) is 4. The first-order valence-corrected chi connectivity index (χ1v) is 18.1. The highest BCUT2D eigenvalue weighted by atomic mass is 16.1. The minimum Gasteiger partial charge on any atom is -0.366 e. The predicted octanol–water partition coefficient (Wildman–Crippen LogP) is 7.17. The van der Waals surface area contributed by atoms with Crippen molar-refractivity contribution in [2.24, 2.45) is 25.6 Å². The van der Waals surface area contributed by atoms with Crippen LogP contribution in [0.15, 0.2) is 122 Å². The largest absolute Gasteiger partial charge is 0.366 e. The van der Waals surface area contributed by atoms with Gasteiger partial charge in [0.15, 0.2) is 24.8 Å². The molecular weight excluding hydrogens is 697 g/mol. The number of aryl methyl sites for hydroxylation is 2. The van der Waals surface area contributed by atoms with Crippen LogP contribution in [0.2, 0.25) is 0 Å². The highest BCUT2D eigenvalue weighted by Gasteiger charge is 2.21. The Morgan fingerprint density at radius 2 is 0.821 bits per heavy atom. The number of aromatic amines is 2. The normalized spacial score (nSPS) is 11.9. The maximum Gasteiger partial charge on any atom is 0.248 e. The zero-order chi connectivity index (χ0) is 38.5. The van der Waals surface area contributed by atoms with E-state index in [2.05, 4.69) is 34.2 Å². The van der Waals surface area contributed by atoms with Gasteiger partial charge in [-0.25, -0.2) is 19.1 Å². The SMILES string of the molecule is C[n+]1ccc(-c2c3nc(c(-c4cccc(C(N)=O)c4)c4ccc([nH]4)c(-c4cc[n+](C)cc4)c4ccc([nH]4)c(-c4cccc(C(N)=O)c4)c4nc2C=C4)C=C3)cc1. The fourth-order valence-corrected chi connectivity index (χ4v) is 7.41. The van der Waals surface area contributed by atoms with Gasteiger partial charge in [-0.1, -0.05) is 24.3 Å². The van der Waals surface area contributed by atoms with Gasteiger partial charge in [0, 0.05) is 79.7 Å². The summed E-state index contributed by atoms with van der Waals surface area (Å²) >= 11 is 0. The van der Waals surface area contributed by atoms with Crippen LogP contribution >= 0.6 is 0 Å². The van der Waals surface area contributed by atoms with Crippen molar-refractivity contribution in [3.8, 4) is 44.5 Å². The molecule has 0 spiro atoms. The zero-order valence-corrected chi connectivity index (χ0v) is 30.6. The Morgan fingerprint density at radius 3 is 1.21 bits per heavy atom. The molecule has 10 nitrogen and oxygen atoms in total. The van der Waals surface area contributed by atoms with Crippen LogP contribution in [0.3, 0.4) is 0 Å². The number of H-pyrrole nitrogens is 2. The number of aromatic nitrogens is 6. The zero-order valence-electron chi connectivity index (χ0n) is 30.6. The van der Waals surface area contributed by atoms with Crippen molar-refractivity contribution < 1.29 is 18.7 Å². The lowest BCUT2D eigenvalue weighted by Gasteiger charge is -2.07. The summed E-state index contributed by atoms with van der Waals surface area (Å²) in [6.07, 6.45) is 16.0. The molecule has 0 saturated carbocycles. The van der Waals surface area contributed by atoms with Gasteiger partial charge in [0.05, 0.1) is 22.8 Å². The first kappa shape index (κ1) is 34.1. The molecule has 2 aromatic carbocycles. The van der Waals surface area contributed by atoms with Crippen molar-refractivity contribution in [1.82, 2.24) is 19.9 Å². The van der Waals surface area contributed by atoms with Crippen molar-refractivity contribution in [2.75, 3.05) is 0 Å². The Morgan fingerprint density at radius 1 is 0.464 bits per heavy atom. The van der Waals surface area contributed by atoms with E-state index in [-0.39, 0.29) is 0 Å². The van der Waals surface area contributed by atoms with Crippen LogP contribution in [-0.4, -0.2) is 31.8 Å². The number of hydrogen-bond acceptors (Lipinski definition) is 4. The third kappa shape index (κ3) is 6.14. The van der Waals surface area contributed by atoms with E-state index in [9.17, 15) is 9.59 Å². The topological polar surface area (TPSA) is 151 Å². The second-order valence-electron chi connectivity index (χ2n) is 13.9. The molecule has 0 fully saturated rings. The molecule has 8 bridgehead atoms. The Kier molecular flexibility index (Phi) is 8.28. The number of carbonyl (C=O) groups excluding carboxylic acids is 2. The quantitative estimate of drug-likeness (QED) is 0.134. The molecule has 2 amide bonds. The highest BCUT2D eigenvalue weighted by Crippen LogP contribution is 2.38. The molecule has 2 aliphatic heterocycles. The van der Waals surface area contributed by atoms with Crippen LogP contribution in [0, 0.1) is 0 Å². The number of fused-ring (bicyclic) bond motifs is 8. The van der Waals surface area contributed by atoms with Crippen molar-refractivity contribution in [3.63, 3.8) is 0 Å². The van der Waals surface area contributed by atoms with E-state index in [1.165, 1.54) is 0 Å².